The Morgan fingerprint density at radius 2 is 1.45 bits per heavy atom. The summed E-state index contributed by atoms with van der Waals surface area (Å²) in [5, 5.41) is 55.5. The molecule has 13 atom stereocenters. The number of carboxylic acids is 3. The van der Waals surface area contributed by atoms with Crippen molar-refractivity contribution in [2.45, 2.75) is 217 Å². The molecule has 3 saturated heterocycles. The number of hydrogen-bond donors (Lipinski definition) is 12. The average Bonchev–Trinajstić information content (AvgIpc) is 1.49. The van der Waals surface area contributed by atoms with E-state index in [9.17, 15) is 78.0 Å². The zero-order valence-corrected chi connectivity index (χ0v) is 74.4. The van der Waals surface area contributed by atoms with Crippen molar-refractivity contribution in [3.63, 3.8) is 0 Å². The van der Waals surface area contributed by atoms with Gasteiger partial charge in [0, 0.05) is 114 Å². The number of anilines is 1. The number of aliphatic hydroxyl groups is 1. The number of aliphatic carboxylic acids is 3. The van der Waals surface area contributed by atoms with Gasteiger partial charge in [-0.05, 0) is 143 Å². The summed E-state index contributed by atoms with van der Waals surface area (Å²) in [5.41, 5.74) is 17.3. The van der Waals surface area contributed by atoms with Crippen molar-refractivity contribution in [3.8, 4) is 11.8 Å². The molecule has 0 bridgehead atoms. The van der Waals surface area contributed by atoms with Crippen LogP contribution >= 0.6 is 48.7 Å². The van der Waals surface area contributed by atoms with Gasteiger partial charge in [-0.1, -0.05) is 95.2 Å². The Labute approximate surface area is 727 Å². The van der Waals surface area contributed by atoms with Crippen molar-refractivity contribution in [1.82, 2.24) is 61.1 Å². The Morgan fingerprint density at radius 1 is 0.772 bits per heavy atom. The summed E-state index contributed by atoms with van der Waals surface area (Å²) < 4.78 is 23.2. The highest BCUT2D eigenvalue weighted by Crippen LogP contribution is 2.48. The van der Waals surface area contributed by atoms with Crippen molar-refractivity contribution >= 4 is 142 Å². The number of unbranched alkanes of at least 4 members (excludes halogenated alkanes) is 3. The number of likely N-dealkylation sites (tertiary alicyclic amines) is 2. The Bertz CT molecular complexity index is 4600. The second kappa shape index (κ2) is 49.6. The molecule has 5 aliphatic rings. The third kappa shape index (κ3) is 28.5. The van der Waals surface area contributed by atoms with Crippen LogP contribution in [0.15, 0.2) is 77.2 Å². The van der Waals surface area contributed by atoms with E-state index in [0.717, 1.165) is 36.1 Å². The molecule has 5 heterocycles. The Kier molecular flexibility index (Phi) is 39.4. The van der Waals surface area contributed by atoms with Crippen LogP contribution in [0.3, 0.4) is 0 Å². The van der Waals surface area contributed by atoms with Crippen LogP contribution in [0.5, 0.6) is 0 Å². The van der Waals surface area contributed by atoms with E-state index in [1.165, 1.54) is 65.5 Å². The molecule has 0 radical (unpaired) electrons. The first-order chi connectivity index (χ1) is 59.2. The first-order valence-electron chi connectivity index (χ1n) is 41.6. The highest BCUT2D eigenvalue weighted by atomic mass is 33.1. The minimum atomic E-state index is -1.97. The standard InChI is InChI=1S/C83H113N14O21P3S2/c1-6-19-51-40-53-41-54-42-60(85-7-2)50(4)39-58(54)75(57(53)38-49(51)3)55-21-10-11-22-56(55)81(110)94(5)33-18-27-68(100)86-30-13-8-9-26-67(99)87-31-14-12-23-59(82(111)96-35-17-25-64(96)80(109)92-61(43-72(103)104)78(107)93-62(83(112)113)44-73(105)106)91-79(108)63-24-16-34-95(63)70(102)29-37-123-122-36-28-69(101)88-32-15-20-52-46-97(77-74(52)76(84)89-48-90-77)71-45-65(98)66(116-71)47-115-120-118-121-117-119-114/h10-11,21-22,38-40,42,46,48,58-59,61-66,71,75,98,114,119-121H,6-9,12-14,16-19,23-37,41,43-45,47H2,1-5H3,(H,86,100)(H,87,99)(H,88,101)(H,91,108)(H,92,109)(H,93,107)(H,103,104)(H,105,106)(H,112,113)(H2,84,89,90)/b85-60+/t58?,59?,61?,62?,63?,64?,65?,66-,71-,75?/m1/s1. The van der Waals surface area contributed by atoms with Gasteiger partial charge in [0.1, 0.15) is 60.3 Å². The van der Waals surface area contributed by atoms with E-state index in [4.69, 9.17) is 33.5 Å². The molecule has 668 valence electrons. The van der Waals surface area contributed by atoms with Crippen molar-refractivity contribution in [3.05, 3.63) is 111 Å². The lowest BCUT2D eigenvalue weighted by molar-refractivity contribution is -0.148. The Morgan fingerprint density at radius 3 is 2.15 bits per heavy atom. The monoisotopic (exact) mass is 1800 g/mol. The van der Waals surface area contributed by atoms with Crippen molar-refractivity contribution in [2.75, 3.05) is 76.7 Å². The minimum Gasteiger partial charge on any atom is -0.481 e. The fourth-order valence-corrected chi connectivity index (χ4v) is 19.2. The number of carbonyl (C=O) groups is 12. The number of aliphatic hydroxyl groups excluding tert-OH is 1. The fraction of sp³-hybridized carbons (Fsp3) is 0.554. The van der Waals surface area contributed by atoms with E-state index in [-0.39, 0.29) is 144 Å². The SMILES string of the molecule is CCCc1cc2c(cc1C)C(c1ccccc1C(=O)N(C)CCCC(=O)NCCCCCC(=O)NCCCCC(NC(=O)C1CCCN1C(=O)CCSSCCC(=O)NCC#Cc1cn([C@H]3CC(O)[C@@H](COPOPOPO)O3)c3ncnc(N)c13)C(=O)N1CCCC1C(=O)NC(CC(=O)O)C(=O)NC(CC(=O)O)C(=O)O)C1C=C(C)/C(=N/CC)C=C1C2. The average molecular weight is 1800 g/mol. The maximum atomic E-state index is 14.8. The normalized spacial score (nSPS) is 19.7. The van der Waals surface area contributed by atoms with E-state index in [1.807, 2.05) is 30.4 Å². The topological polar surface area (TPSA) is 494 Å². The first kappa shape index (κ1) is 97.8. The van der Waals surface area contributed by atoms with Gasteiger partial charge in [0.2, 0.25) is 47.3 Å². The molecule has 11 unspecified atom stereocenters. The Balaban J connectivity index is 0.714. The number of nitrogens with two attached hydrogens (primary N) is 1. The summed E-state index contributed by atoms with van der Waals surface area (Å²) in [6.45, 7) is 10.5. The first-order valence-corrected chi connectivity index (χ1v) is 46.6. The van der Waals surface area contributed by atoms with Gasteiger partial charge in [-0.15, -0.1) is 0 Å². The lowest BCUT2D eigenvalue weighted by Gasteiger charge is -2.38. The quantitative estimate of drug-likeness (QED) is 0.00940. The highest BCUT2D eigenvalue weighted by molar-refractivity contribution is 8.76. The third-order valence-corrected chi connectivity index (χ3v) is 26.0. The van der Waals surface area contributed by atoms with Crippen molar-refractivity contribution in [1.29, 1.82) is 0 Å². The number of ether oxygens (including phenoxy) is 1. The molecule has 0 spiro atoms. The lowest BCUT2D eigenvalue weighted by atomic mass is 9.65. The molecule has 123 heavy (non-hydrogen) atoms. The highest BCUT2D eigenvalue weighted by Gasteiger charge is 2.44. The van der Waals surface area contributed by atoms with E-state index in [0.29, 0.717) is 91.8 Å². The summed E-state index contributed by atoms with van der Waals surface area (Å²) in [6, 6.07) is 5.20. The lowest BCUT2D eigenvalue weighted by Crippen LogP contribution is -2.58. The van der Waals surface area contributed by atoms with Crippen LogP contribution in [-0.2, 0) is 83.5 Å². The van der Waals surface area contributed by atoms with Crippen LogP contribution in [0.2, 0.25) is 0 Å². The number of carboxylic acid groups (broad SMARTS) is 3. The summed E-state index contributed by atoms with van der Waals surface area (Å²) in [6.07, 6.45) is 10.9. The predicted octanol–water partition coefficient (Wildman–Crippen LogP) is 6.76. The second-order valence-electron chi connectivity index (χ2n) is 30.7. The summed E-state index contributed by atoms with van der Waals surface area (Å²) in [5.74, 6) is -2.67. The molecule has 0 saturated carbocycles. The van der Waals surface area contributed by atoms with Gasteiger partial charge in [-0.3, -0.25) is 66.4 Å². The molecule has 2 aromatic carbocycles. The fourth-order valence-electron chi connectivity index (χ4n) is 15.9. The third-order valence-electron chi connectivity index (χ3n) is 22.0. The number of nitrogens with zero attached hydrogens (tertiary/aromatic N) is 7. The van der Waals surface area contributed by atoms with Crippen LogP contribution in [0.4, 0.5) is 5.82 Å². The largest absolute Gasteiger partial charge is 0.481 e. The summed E-state index contributed by atoms with van der Waals surface area (Å²) in [4.78, 5) is 185. The molecular weight excluding hydrogens is 1690 g/mol. The maximum absolute atomic E-state index is 14.8. The van der Waals surface area contributed by atoms with E-state index >= 15 is 0 Å². The van der Waals surface area contributed by atoms with Crippen LogP contribution in [-0.4, -0.2) is 245 Å². The van der Waals surface area contributed by atoms with Gasteiger partial charge < -0.3 is 91.5 Å². The van der Waals surface area contributed by atoms with Crippen LogP contribution in [0.25, 0.3) is 11.0 Å². The van der Waals surface area contributed by atoms with Gasteiger partial charge in [-0.25, -0.2) is 14.8 Å². The number of amides is 9. The number of rotatable bonds is 48. The molecule has 4 aromatic rings. The smallest absolute Gasteiger partial charge is 0.326 e. The Hall–Kier alpha value is -9.04. The number of aryl methyl sites for hydroxylation is 2. The molecular formula is C83H113N14O21P3S2. The number of allylic oxidation sites excluding steroid dienone is 4. The number of benzene rings is 2. The zero-order valence-electron chi connectivity index (χ0n) is 69.8. The van der Waals surface area contributed by atoms with Gasteiger partial charge in [-0.2, -0.15) is 0 Å². The number of aromatic nitrogens is 3. The van der Waals surface area contributed by atoms with E-state index < -0.39 is 130 Å². The molecule has 3 fully saturated rings. The van der Waals surface area contributed by atoms with Crippen molar-refractivity contribution < 1.29 is 101 Å². The van der Waals surface area contributed by atoms with Gasteiger partial charge in [0.05, 0.1) is 48.8 Å². The van der Waals surface area contributed by atoms with Crippen LogP contribution in [0, 0.1) is 24.7 Å². The van der Waals surface area contributed by atoms with Gasteiger partial charge in [0.15, 0.2) is 27.1 Å². The molecule has 9 amide bonds. The second-order valence-corrected chi connectivity index (χ2v) is 35.9. The van der Waals surface area contributed by atoms with Gasteiger partial charge >= 0.3 is 17.9 Å². The number of nitrogen functional groups attached to an aromatic ring is 1. The van der Waals surface area contributed by atoms with E-state index in [1.54, 1.807) is 22.7 Å². The number of fused-ring (bicyclic) bond motifs is 3. The molecule has 9 rings (SSSR count). The van der Waals surface area contributed by atoms with Gasteiger partial charge in [0.25, 0.3) is 5.91 Å². The van der Waals surface area contributed by atoms with Crippen LogP contribution < -0.4 is 37.6 Å². The van der Waals surface area contributed by atoms with Crippen LogP contribution in [0.1, 0.15) is 199 Å². The van der Waals surface area contributed by atoms with Crippen molar-refractivity contribution in [2.24, 2.45) is 10.9 Å². The number of nitrogens with one attached hydrogen (secondary N) is 6. The number of hydrogen-bond acceptors (Lipinski definition) is 24. The van der Waals surface area contributed by atoms with E-state index in [2.05, 4.69) is 99.5 Å². The number of aliphatic imine (C=N–C) groups is 1. The molecule has 3 aliphatic heterocycles. The maximum Gasteiger partial charge on any atom is 0.326 e. The molecule has 40 heteroatoms. The summed E-state index contributed by atoms with van der Waals surface area (Å²) >= 11 is 0. The molecule has 2 aromatic heterocycles. The zero-order chi connectivity index (χ0) is 88.7. The summed E-state index contributed by atoms with van der Waals surface area (Å²) in [7, 11) is 3.03. The molecule has 35 nitrogen and oxygen atoms in total. The molecule has 13 N–H and O–H groups in total. The number of carbonyl (C=O) groups excluding carboxylic acids is 9. The minimum absolute atomic E-state index is 0.00306. The predicted molar refractivity (Wildman–Crippen MR) is 468 cm³/mol. The molecule has 2 aliphatic carbocycles.